The minimum atomic E-state index is -3.42. The molecule has 1 fully saturated rings. The number of halogens is 2. The monoisotopic (exact) mass is 565 g/mol. The molecule has 4 N–H and O–H groups in total. The van der Waals surface area contributed by atoms with E-state index in [9.17, 15) is 23.1 Å². The molecule has 1 atom stereocenters. The van der Waals surface area contributed by atoms with Crippen molar-refractivity contribution in [3.63, 3.8) is 0 Å². The molecule has 12 heteroatoms. The first-order valence-electron chi connectivity index (χ1n) is 11.5. The Labute approximate surface area is 224 Å². The highest BCUT2D eigenvalue weighted by molar-refractivity contribution is 7.90. The van der Waals surface area contributed by atoms with E-state index in [0.717, 1.165) is 0 Å². The molecule has 1 aromatic heterocycles. The minimum absolute atomic E-state index is 0.0338. The van der Waals surface area contributed by atoms with Crippen molar-refractivity contribution in [3.05, 3.63) is 76.0 Å². The third-order valence-corrected chi connectivity index (χ3v) is 8.33. The number of anilines is 1. The molecule has 2 aromatic carbocycles. The molecule has 1 amide bonds. The Kier molecular flexibility index (Phi) is 8.56. The molecule has 4 rings (SSSR count). The van der Waals surface area contributed by atoms with Gasteiger partial charge >= 0.3 is 5.97 Å². The van der Waals surface area contributed by atoms with Crippen molar-refractivity contribution in [2.24, 2.45) is 0 Å². The molecule has 1 aliphatic carbocycles. The summed E-state index contributed by atoms with van der Waals surface area (Å²) in [6.07, 6.45) is 1.38. The van der Waals surface area contributed by atoms with Gasteiger partial charge in [0, 0.05) is 17.1 Å². The van der Waals surface area contributed by atoms with Gasteiger partial charge in [0.1, 0.15) is 11.5 Å². The molecule has 196 valence electrons. The van der Waals surface area contributed by atoms with Crippen molar-refractivity contribution in [1.82, 2.24) is 10.0 Å². The van der Waals surface area contributed by atoms with Crippen LogP contribution in [0.5, 0.6) is 0 Å². The van der Waals surface area contributed by atoms with Crippen LogP contribution in [0.4, 0.5) is 5.69 Å². The topological polar surface area (TPSA) is 138 Å². The van der Waals surface area contributed by atoms with Crippen molar-refractivity contribution >= 4 is 50.8 Å². The molecule has 3 aromatic rings. The zero-order chi connectivity index (χ0) is 26.6. The van der Waals surface area contributed by atoms with Gasteiger partial charge in [-0.05, 0) is 61.7 Å². The predicted octanol–water partition coefficient (Wildman–Crippen LogP) is 4.52. The van der Waals surface area contributed by atoms with E-state index >= 15 is 0 Å². The number of para-hydroxylation sites is 1. The highest BCUT2D eigenvalue weighted by atomic mass is 35.5. The van der Waals surface area contributed by atoms with Crippen molar-refractivity contribution in [1.29, 1.82) is 0 Å². The van der Waals surface area contributed by atoms with Crippen LogP contribution in [-0.4, -0.2) is 43.2 Å². The van der Waals surface area contributed by atoms with Crippen molar-refractivity contribution < 1.29 is 27.5 Å². The quantitative estimate of drug-likeness (QED) is 0.253. The number of furan rings is 1. The lowest BCUT2D eigenvalue weighted by Gasteiger charge is -2.19. The number of hydrogen-bond acceptors (Lipinski definition) is 6. The van der Waals surface area contributed by atoms with Crippen LogP contribution in [0.2, 0.25) is 10.0 Å². The maximum absolute atomic E-state index is 13.1. The van der Waals surface area contributed by atoms with Gasteiger partial charge in [0.15, 0.2) is 0 Å². The molecular weight excluding hydrogens is 541 g/mol. The van der Waals surface area contributed by atoms with Crippen LogP contribution < -0.4 is 15.4 Å². The van der Waals surface area contributed by atoms with Gasteiger partial charge in [-0.25, -0.2) is 17.9 Å². The fraction of sp³-hybridized carbons (Fsp3) is 0.280. The van der Waals surface area contributed by atoms with Crippen LogP contribution >= 0.6 is 23.2 Å². The Balaban J connectivity index is 1.46. The summed E-state index contributed by atoms with van der Waals surface area (Å²) in [5.74, 6) is -0.685. The van der Waals surface area contributed by atoms with Crippen LogP contribution in [-0.2, 0) is 21.4 Å². The van der Waals surface area contributed by atoms with E-state index in [2.05, 4.69) is 15.4 Å². The van der Waals surface area contributed by atoms with Crippen LogP contribution in [0.25, 0.3) is 11.3 Å². The second-order valence-corrected chi connectivity index (χ2v) is 11.5. The zero-order valence-electron chi connectivity index (χ0n) is 19.5. The highest BCUT2D eigenvalue weighted by Gasteiger charge is 2.35. The summed E-state index contributed by atoms with van der Waals surface area (Å²) in [4.78, 5) is 24.6. The lowest BCUT2D eigenvalue weighted by Crippen LogP contribution is -2.43. The second kappa shape index (κ2) is 11.7. The van der Waals surface area contributed by atoms with Crippen molar-refractivity contribution in [2.75, 3.05) is 11.9 Å². The first kappa shape index (κ1) is 27.2. The molecule has 0 saturated heterocycles. The number of benzene rings is 2. The Morgan fingerprint density at radius 2 is 1.84 bits per heavy atom. The fourth-order valence-corrected chi connectivity index (χ4v) is 5.47. The minimum Gasteiger partial charge on any atom is -0.478 e. The molecule has 0 spiro atoms. The molecule has 0 aliphatic heterocycles. The molecule has 1 aliphatic rings. The lowest BCUT2D eigenvalue weighted by molar-refractivity contribution is -0.118. The SMILES string of the molecule is O=C(O)c1ccccc1NC(=O)C(CCNS(=O)(=O)C1CC1)NCc1ccc(-c2cc(Cl)ccc2Cl)o1. The molecule has 1 unspecified atom stereocenters. The number of sulfonamides is 1. The predicted molar refractivity (Wildman–Crippen MR) is 141 cm³/mol. The Morgan fingerprint density at radius 1 is 1.08 bits per heavy atom. The first-order valence-corrected chi connectivity index (χ1v) is 13.8. The smallest absolute Gasteiger partial charge is 0.337 e. The van der Waals surface area contributed by atoms with Gasteiger partial charge in [0.25, 0.3) is 0 Å². The Bertz CT molecular complexity index is 1400. The largest absolute Gasteiger partial charge is 0.478 e. The Morgan fingerprint density at radius 3 is 2.57 bits per heavy atom. The van der Waals surface area contributed by atoms with Gasteiger partial charge < -0.3 is 14.8 Å². The molecule has 0 bridgehead atoms. The number of amides is 1. The number of aromatic carboxylic acids is 1. The third kappa shape index (κ3) is 7.12. The molecule has 0 radical (unpaired) electrons. The number of nitrogens with one attached hydrogen (secondary N) is 3. The van der Waals surface area contributed by atoms with E-state index in [0.29, 0.717) is 40.0 Å². The average molecular weight is 566 g/mol. The van der Waals surface area contributed by atoms with E-state index in [1.165, 1.54) is 12.1 Å². The number of hydrogen-bond donors (Lipinski definition) is 4. The van der Waals surface area contributed by atoms with Gasteiger partial charge in [0.2, 0.25) is 15.9 Å². The normalized spacial score (nSPS) is 14.3. The van der Waals surface area contributed by atoms with Gasteiger partial charge in [-0.1, -0.05) is 35.3 Å². The summed E-state index contributed by atoms with van der Waals surface area (Å²) < 4.78 is 32.8. The van der Waals surface area contributed by atoms with Gasteiger partial charge in [-0.3, -0.25) is 10.1 Å². The molecule has 37 heavy (non-hydrogen) atoms. The maximum atomic E-state index is 13.1. The van der Waals surface area contributed by atoms with Crippen LogP contribution in [0.3, 0.4) is 0 Å². The van der Waals surface area contributed by atoms with Gasteiger partial charge in [-0.2, -0.15) is 0 Å². The zero-order valence-corrected chi connectivity index (χ0v) is 21.9. The molecular formula is C25H25Cl2N3O6S. The van der Waals surface area contributed by atoms with Crippen LogP contribution in [0.15, 0.2) is 59.0 Å². The molecule has 1 saturated carbocycles. The molecule has 1 heterocycles. The number of carbonyl (C=O) groups is 2. The average Bonchev–Trinajstić information content (AvgIpc) is 3.63. The van der Waals surface area contributed by atoms with E-state index in [4.69, 9.17) is 27.6 Å². The van der Waals surface area contributed by atoms with E-state index in [-0.39, 0.29) is 36.0 Å². The number of carboxylic acids is 1. The van der Waals surface area contributed by atoms with Crippen LogP contribution in [0, 0.1) is 0 Å². The summed E-state index contributed by atoms with van der Waals surface area (Å²) in [5, 5.41) is 15.7. The molecule has 9 nitrogen and oxygen atoms in total. The summed E-state index contributed by atoms with van der Waals surface area (Å²) in [6, 6.07) is 13.7. The van der Waals surface area contributed by atoms with Crippen LogP contribution in [0.1, 0.15) is 35.4 Å². The third-order valence-electron chi connectivity index (χ3n) is 5.81. The standard InChI is InChI=1S/C25H25Cl2N3O6S/c26-15-5-9-20(27)19(13-15)23-10-6-16(36-23)14-28-22(11-12-29-37(34,35)17-7-8-17)24(31)30-21-4-2-1-3-18(21)25(32)33/h1-6,9-10,13,17,22,28-29H,7-8,11-12,14H2,(H,30,31)(H,32,33). The highest BCUT2D eigenvalue weighted by Crippen LogP contribution is 2.32. The maximum Gasteiger partial charge on any atom is 0.337 e. The summed E-state index contributed by atoms with van der Waals surface area (Å²) in [6.45, 7) is 0.179. The summed E-state index contributed by atoms with van der Waals surface area (Å²) in [5.41, 5.74) is 0.703. The Hall–Kier alpha value is -2.89. The van der Waals surface area contributed by atoms with Crippen molar-refractivity contribution in [2.45, 2.75) is 37.1 Å². The van der Waals surface area contributed by atoms with E-state index in [1.54, 1.807) is 42.5 Å². The van der Waals surface area contributed by atoms with Crippen molar-refractivity contribution in [3.8, 4) is 11.3 Å². The first-order chi connectivity index (χ1) is 17.6. The van der Waals surface area contributed by atoms with Gasteiger partial charge in [0.05, 0.1) is 34.1 Å². The van der Waals surface area contributed by atoms with Gasteiger partial charge in [-0.15, -0.1) is 0 Å². The number of carboxylic acid groups (broad SMARTS) is 1. The lowest BCUT2D eigenvalue weighted by atomic mass is 10.1. The van der Waals surface area contributed by atoms with E-state index < -0.39 is 27.9 Å². The summed E-state index contributed by atoms with van der Waals surface area (Å²) in [7, 11) is -3.42. The fourth-order valence-electron chi connectivity index (χ4n) is 3.69. The number of carbonyl (C=O) groups excluding carboxylic acids is 1. The number of rotatable bonds is 12. The van der Waals surface area contributed by atoms with E-state index in [1.807, 2.05) is 0 Å². The second-order valence-electron chi connectivity index (χ2n) is 8.59. The summed E-state index contributed by atoms with van der Waals surface area (Å²) >= 11 is 12.3.